The molecule has 0 aromatic heterocycles. The van der Waals surface area contributed by atoms with Crippen molar-refractivity contribution in [3.8, 4) is 5.75 Å². The normalized spacial score (nSPS) is 11.6. The molecule has 5 heteroatoms. The minimum atomic E-state index is 0.752. The van der Waals surface area contributed by atoms with Crippen LogP contribution < -0.4 is 15.4 Å². The number of hydrogen-bond donors (Lipinski definition) is 2. The summed E-state index contributed by atoms with van der Waals surface area (Å²) in [6.07, 6.45) is 0.913. The van der Waals surface area contributed by atoms with E-state index in [0.717, 1.165) is 49.9 Å². The van der Waals surface area contributed by atoms with E-state index in [1.165, 1.54) is 16.7 Å². The molecule has 0 amide bonds. The summed E-state index contributed by atoms with van der Waals surface area (Å²) < 4.78 is 5.40. The molecule has 0 heterocycles. The molecule has 0 spiro atoms. The summed E-state index contributed by atoms with van der Waals surface area (Å²) in [5.74, 6) is 1.75. The van der Waals surface area contributed by atoms with Crippen LogP contribution >= 0.6 is 0 Å². The van der Waals surface area contributed by atoms with Crippen LogP contribution in [0.15, 0.2) is 47.5 Å². The standard InChI is InChI=1S/C23H34N4O/c1-6-27(4)17-21-9-7-8-20(14-21)16-26-23(24-3)25-13-12-19-11-10-18(2)22(15-19)28-5/h7-11,14-15H,6,12-13,16-17H2,1-5H3,(H2,24,25,26). The van der Waals surface area contributed by atoms with Gasteiger partial charge in [-0.25, -0.2) is 0 Å². The molecule has 2 aromatic carbocycles. The fourth-order valence-corrected chi connectivity index (χ4v) is 3.01. The zero-order valence-corrected chi connectivity index (χ0v) is 17.9. The van der Waals surface area contributed by atoms with Gasteiger partial charge in [0.1, 0.15) is 5.75 Å². The molecule has 0 saturated heterocycles. The number of benzene rings is 2. The van der Waals surface area contributed by atoms with Gasteiger partial charge < -0.3 is 20.3 Å². The molecule has 2 aromatic rings. The second-order valence-electron chi connectivity index (χ2n) is 7.06. The Labute approximate surface area is 169 Å². The highest BCUT2D eigenvalue weighted by molar-refractivity contribution is 5.79. The van der Waals surface area contributed by atoms with Crippen molar-refractivity contribution in [2.45, 2.75) is 33.4 Å². The maximum atomic E-state index is 5.40. The number of rotatable bonds is 9. The van der Waals surface area contributed by atoms with E-state index in [9.17, 15) is 0 Å². The first-order valence-electron chi connectivity index (χ1n) is 9.90. The number of hydrogen-bond acceptors (Lipinski definition) is 3. The summed E-state index contributed by atoms with van der Waals surface area (Å²) in [7, 11) is 5.66. The molecule has 0 radical (unpaired) electrons. The van der Waals surface area contributed by atoms with Crippen LogP contribution in [0.2, 0.25) is 0 Å². The van der Waals surface area contributed by atoms with E-state index in [-0.39, 0.29) is 0 Å². The van der Waals surface area contributed by atoms with Crippen molar-refractivity contribution in [2.24, 2.45) is 4.99 Å². The first kappa shape index (κ1) is 21.8. The van der Waals surface area contributed by atoms with Crippen molar-refractivity contribution in [1.29, 1.82) is 0 Å². The van der Waals surface area contributed by atoms with Gasteiger partial charge in [-0.15, -0.1) is 0 Å². The molecule has 0 atom stereocenters. The molecule has 5 nitrogen and oxygen atoms in total. The van der Waals surface area contributed by atoms with E-state index in [1.807, 2.05) is 0 Å². The van der Waals surface area contributed by atoms with Gasteiger partial charge in [-0.2, -0.15) is 0 Å². The molecular weight excluding hydrogens is 348 g/mol. The number of aryl methyl sites for hydroxylation is 1. The van der Waals surface area contributed by atoms with Crippen LogP contribution in [0.5, 0.6) is 5.75 Å². The van der Waals surface area contributed by atoms with Gasteiger partial charge in [0.05, 0.1) is 7.11 Å². The van der Waals surface area contributed by atoms with E-state index in [1.54, 1.807) is 14.2 Å². The molecule has 28 heavy (non-hydrogen) atoms. The topological polar surface area (TPSA) is 48.9 Å². The Bertz CT molecular complexity index is 773. The molecule has 2 N–H and O–H groups in total. The maximum absolute atomic E-state index is 5.40. The third kappa shape index (κ3) is 6.89. The first-order valence-corrected chi connectivity index (χ1v) is 9.90. The average molecular weight is 383 g/mol. The lowest BCUT2D eigenvalue weighted by Crippen LogP contribution is -2.37. The lowest BCUT2D eigenvalue weighted by atomic mass is 10.1. The number of aliphatic imine (C=N–C) groups is 1. The lowest BCUT2D eigenvalue weighted by Gasteiger charge is -2.15. The first-order chi connectivity index (χ1) is 13.5. The second-order valence-corrected chi connectivity index (χ2v) is 7.06. The maximum Gasteiger partial charge on any atom is 0.191 e. The van der Waals surface area contributed by atoms with Crippen molar-refractivity contribution in [3.63, 3.8) is 0 Å². The number of guanidine groups is 1. The SMILES string of the molecule is CCN(C)Cc1cccc(CNC(=NC)NCCc2ccc(C)c(OC)c2)c1. The Morgan fingerprint density at radius 1 is 1.07 bits per heavy atom. The van der Waals surface area contributed by atoms with Crippen LogP contribution in [0.1, 0.15) is 29.2 Å². The van der Waals surface area contributed by atoms with Crippen LogP contribution in [0.3, 0.4) is 0 Å². The molecule has 0 saturated carbocycles. The van der Waals surface area contributed by atoms with E-state index < -0.39 is 0 Å². The highest BCUT2D eigenvalue weighted by Gasteiger charge is 2.03. The van der Waals surface area contributed by atoms with Crippen molar-refractivity contribution >= 4 is 5.96 Å². The van der Waals surface area contributed by atoms with Crippen LogP contribution in [-0.4, -0.2) is 45.2 Å². The van der Waals surface area contributed by atoms with Crippen LogP contribution in [0.4, 0.5) is 0 Å². The van der Waals surface area contributed by atoms with E-state index in [2.05, 4.69) is 83.9 Å². The number of ether oxygens (including phenoxy) is 1. The lowest BCUT2D eigenvalue weighted by molar-refractivity contribution is 0.345. The van der Waals surface area contributed by atoms with Crippen LogP contribution in [0, 0.1) is 6.92 Å². The second kappa shape index (κ2) is 11.3. The molecule has 152 valence electrons. The molecular formula is C23H34N4O. The molecule has 0 unspecified atom stereocenters. The summed E-state index contributed by atoms with van der Waals surface area (Å²) >= 11 is 0. The molecule has 0 fully saturated rings. The minimum Gasteiger partial charge on any atom is -0.496 e. The number of nitrogens with one attached hydrogen (secondary N) is 2. The Morgan fingerprint density at radius 2 is 1.86 bits per heavy atom. The summed E-state index contributed by atoms with van der Waals surface area (Å²) in [4.78, 5) is 6.63. The highest BCUT2D eigenvalue weighted by atomic mass is 16.5. The van der Waals surface area contributed by atoms with Crippen molar-refractivity contribution in [1.82, 2.24) is 15.5 Å². The third-order valence-corrected chi connectivity index (χ3v) is 4.85. The van der Waals surface area contributed by atoms with Crippen LogP contribution in [-0.2, 0) is 19.5 Å². The fourth-order valence-electron chi connectivity index (χ4n) is 3.01. The minimum absolute atomic E-state index is 0.752. The quantitative estimate of drug-likeness (QED) is 0.516. The monoisotopic (exact) mass is 382 g/mol. The molecule has 2 rings (SSSR count). The van der Waals surface area contributed by atoms with Gasteiger partial charge in [-0.1, -0.05) is 43.3 Å². The van der Waals surface area contributed by atoms with E-state index in [0.29, 0.717) is 0 Å². The van der Waals surface area contributed by atoms with Crippen molar-refractivity contribution < 1.29 is 4.74 Å². The molecule has 0 aliphatic rings. The number of nitrogens with zero attached hydrogens (tertiary/aromatic N) is 2. The third-order valence-electron chi connectivity index (χ3n) is 4.85. The Balaban J connectivity index is 1.82. The van der Waals surface area contributed by atoms with Gasteiger partial charge >= 0.3 is 0 Å². The Hall–Kier alpha value is -2.53. The summed E-state index contributed by atoms with van der Waals surface area (Å²) in [6.45, 7) is 7.81. The van der Waals surface area contributed by atoms with Crippen LogP contribution in [0.25, 0.3) is 0 Å². The average Bonchev–Trinajstić information content (AvgIpc) is 2.71. The Morgan fingerprint density at radius 3 is 2.57 bits per heavy atom. The smallest absolute Gasteiger partial charge is 0.191 e. The van der Waals surface area contributed by atoms with Gasteiger partial charge in [0.2, 0.25) is 0 Å². The van der Waals surface area contributed by atoms with Gasteiger partial charge in [-0.05, 0) is 55.3 Å². The van der Waals surface area contributed by atoms with Gasteiger partial charge in [-0.3, -0.25) is 4.99 Å². The van der Waals surface area contributed by atoms with Crippen molar-refractivity contribution in [2.75, 3.05) is 34.3 Å². The summed E-state index contributed by atoms with van der Waals surface area (Å²) in [5, 5.41) is 6.78. The predicted octanol–water partition coefficient (Wildman–Crippen LogP) is 3.36. The predicted molar refractivity (Wildman–Crippen MR) is 118 cm³/mol. The van der Waals surface area contributed by atoms with Gasteiger partial charge in [0, 0.05) is 26.7 Å². The fraction of sp³-hybridized carbons (Fsp3) is 0.435. The number of methoxy groups -OCH3 is 1. The van der Waals surface area contributed by atoms with Gasteiger partial charge in [0.25, 0.3) is 0 Å². The zero-order chi connectivity index (χ0) is 20.4. The van der Waals surface area contributed by atoms with Crippen molar-refractivity contribution in [3.05, 3.63) is 64.7 Å². The van der Waals surface area contributed by atoms with E-state index >= 15 is 0 Å². The largest absolute Gasteiger partial charge is 0.496 e. The summed E-state index contributed by atoms with van der Waals surface area (Å²) in [5.41, 5.74) is 5.00. The molecule has 0 bridgehead atoms. The molecule has 0 aliphatic carbocycles. The highest BCUT2D eigenvalue weighted by Crippen LogP contribution is 2.19. The summed E-state index contributed by atoms with van der Waals surface area (Å²) in [6, 6.07) is 15.1. The Kier molecular flexibility index (Phi) is 8.82. The molecule has 0 aliphatic heterocycles. The zero-order valence-electron chi connectivity index (χ0n) is 17.9. The van der Waals surface area contributed by atoms with E-state index in [4.69, 9.17) is 4.74 Å². The van der Waals surface area contributed by atoms with Gasteiger partial charge in [0.15, 0.2) is 5.96 Å².